The lowest BCUT2D eigenvalue weighted by Crippen LogP contribution is -2.42. The monoisotopic (exact) mass is 493 g/mol. The minimum Gasteiger partial charge on any atom is -0.478 e. The number of rotatable bonds is 9. The molecule has 1 aliphatic rings. The van der Waals surface area contributed by atoms with Gasteiger partial charge in [-0.05, 0) is 65.4 Å². The van der Waals surface area contributed by atoms with Crippen LogP contribution in [0.5, 0.6) is 5.75 Å². The van der Waals surface area contributed by atoms with Gasteiger partial charge in [-0.2, -0.15) is 0 Å². The minimum atomic E-state index is -1.26. The molecule has 0 bridgehead atoms. The smallest absolute Gasteiger partial charge is 0.328 e. The van der Waals surface area contributed by atoms with Crippen molar-refractivity contribution in [2.24, 2.45) is 5.41 Å². The van der Waals surface area contributed by atoms with Crippen LogP contribution in [-0.2, 0) is 19.1 Å². The summed E-state index contributed by atoms with van der Waals surface area (Å²) in [5.74, 6) is -2.08. The van der Waals surface area contributed by atoms with Crippen molar-refractivity contribution < 1.29 is 39.2 Å². The molecule has 0 spiro atoms. The van der Waals surface area contributed by atoms with Gasteiger partial charge >= 0.3 is 17.9 Å². The maximum atomic E-state index is 11.8. The number of likely N-dealkylation sites (N-methyl/N-ethyl adjacent to an activating group) is 1. The highest BCUT2D eigenvalue weighted by Gasteiger charge is 2.38. The van der Waals surface area contributed by atoms with Crippen molar-refractivity contribution in [1.29, 1.82) is 0 Å². The van der Waals surface area contributed by atoms with E-state index in [9.17, 15) is 19.5 Å². The first-order chi connectivity index (χ1) is 16.2. The lowest BCUT2D eigenvalue weighted by atomic mass is 9.72. The van der Waals surface area contributed by atoms with Crippen molar-refractivity contribution in [2.75, 3.05) is 27.4 Å². The van der Waals surface area contributed by atoms with Crippen molar-refractivity contribution in [3.8, 4) is 5.75 Å². The number of carboxylic acid groups (broad SMARTS) is 2. The summed E-state index contributed by atoms with van der Waals surface area (Å²) in [6.07, 6.45) is 6.20. The maximum Gasteiger partial charge on any atom is 0.328 e. The molecular formula is C26H39NO8. The number of benzene rings is 1. The number of aliphatic carboxylic acids is 2. The van der Waals surface area contributed by atoms with Crippen molar-refractivity contribution >= 4 is 17.9 Å². The molecular weight excluding hydrogens is 454 g/mol. The lowest BCUT2D eigenvalue weighted by molar-refractivity contribution is -0.159. The summed E-state index contributed by atoms with van der Waals surface area (Å²) in [6.45, 7) is 6.14. The van der Waals surface area contributed by atoms with Gasteiger partial charge in [-0.3, -0.25) is 4.79 Å². The summed E-state index contributed by atoms with van der Waals surface area (Å²) in [6, 6.07) is 7.80. The third-order valence-corrected chi connectivity index (χ3v) is 5.59. The topological polar surface area (TPSA) is 134 Å². The summed E-state index contributed by atoms with van der Waals surface area (Å²) in [5.41, 5.74) is -0.0676. The van der Waals surface area contributed by atoms with E-state index < -0.39 is 23.0 Å². The molecule has 196 valence electrons. The fraction of sp³-hybridized carbons (Fsp3) is 0.577. The van der Waals surface area contributed by atoms with Gasteiger partial charge in [-0.15, -0.1) is 0 Å². The standard InChI is InChI=1S/C22H35NO4.C4H4O4/c1-21(2,3)20(24)27-16-26-18-11-9-17(10-12-18)19(15-23(4)5)22(25)13-7-6-8-14-22;5-3(6)1-2-4(7)8/h9-12,19,25H,6-8,13-16H2,1-5H3;1-2H,(H,5,6)(H,7,8). The molecule has 1 saturated carbocycles. The number of hydrogen-bond donors (Lipinski definition) is 3. The number of hydrogen-bond acceptors (Lipinski definition) is 7. The van der Waals surface area contributed by atoms with Crippen LogP contribution >= 0.6 is 0 Å². The van der Waals surface area contributed by atoms with Crippen molar-refractivity contribution in [3.63, 3.8) is 0 Å². The summed E-state index contributed by atoms with van der Waals surface area (Å²) in [4.78, 5) is 33.0. The molecule has 0 saturated heterocycles. The van der Waals surface area contributed by atoms with Crippen LogP contribution in [0.4, 0.5) is 0 Å². The Morgan fingerprint density at radius 2 is 1.51 bits per heavy atom. The number of aliphatic hydroxyl groups is 1. The van der Waals surface area contributed by atoms with Crippen molar-refractivity contribution in [3.05, 3.63) is 42.0 Å². The maximum absolute atomic E-state index is 11.8. The molecule has 3 N–H and O–H groups in total. The molecule has 1 unspecified atom stereocenters. The highest BCUT2D eigenvalue weighted by Crippen LogP contribution is 2.40. The van der Waals surface area contributed by atoms with Gasteiger partial charge in [0.15, 0.2) is 0 Å². The number of esters is 1. The largest absolute Gasteiger partial charge is 0.478 e. The third kappa shape index (κ3) is 11.4. The van der Waals surface area contributed by atoms with E-state index in [0.717, 1.165) is 37.8 Å². The van der Waals surface area contributed by atoms with Gasteiger partial charge in [0.2, 0.25) is 6.79 Å². The number of carbonyl (C=O) groups is 3. The Bertz CT molecular complexity index is 833. The SMILES string of the molecule is CN(C)CC(c1ccc(OCOC(=O)C(C)(C)C)cc1)C1(O)CCCCC1.O=C(O)C=CC(=O)O. The van der Waals surface area contributed by atoms with Crippen LogP contribution < -0.4 is 4.74 Å². The Balaban J connectivity index is 0.000000658. The van der Waals surface area contributed by atoms with Crippen molar-refractivity contribution in [1.82, 2.24) is 4.90 Å². The van der Waals surface area contributed by atoms with Gasteiger partial charge in [0.25, 0.3) is 0 Å². The van der Waals surface area contributed by atoms with E-state index in [1.807, 2.05) is 59.1 Å². The predicted octanol–water partition coefficient (Wildman–Crippen LogP) is 3.66. The Kier molecular flexibility index (Phi) is 11.9. The highest BCUT2D eigenvalue weighted by atomic mass is 16.7. The van der Waals surface area contributed by atoms with E-state index in [0.29, 0.717) is 17.9 Å². The molecule has 1 aromatic rings. The second-order valence-electron chi connectivity index (χ2n) is 10.0. The molecule has 0 aliphatic heterocycles. The van der Waals surface area contributed by atoms with Gasteiger partial charge in [0.1, 0.15) is 5.75 Å². The molecule has 0 amide bonds. The molecule has 9 nitrogen and oxygen atoms in total. The zero-order chi connectivity index (χ0) is 26.6. The predicted molar refractivity (Wildman–Crippen MR) is 131 cm³/mol. The van der Waals surface area contributed by atoms with Gasteiger partial charge in [-0.1, -0.05) is 31.4 Å². The summed E-state index contributed by atoms with van der Waals surface area (Å²) >= 11 is 0. The molecule has 0 heterocycles. The molecule has 0 aromatic heterocycles. The zero-order valence-electron chi connectivity index (χ0n) is 21.3. The average molecular weight is 494 g/mol. The normalized spacial score (nSPS) is 16.2. The summed E-state index contributed by atoms with van der Waals surface area (Å²) in [5, 5.41) is 26.9. The quantitative estimate of drug-likeness (QED) is 0.268. The lowest BCUT2D eigenvalue weighted by Gasteiger charge is -2.40. The van der Waals surface area contributed by atoms with Gasteiger partial charge < -0.3 is 29.7 Å². The highest BCUT2D eigenvalue weighted by molar-refractivity contribution is 5.89. The van der Waals surface area contributed by atoms with E-state index in [4.69, 9.17) is 19.7 Å². The molecule has 2 rings (SSSR count). The molecule has 1 aromatic carbocycles. The fourth-order valence-electron chi connectivity index (χ4n) is 3.77. The average Bonchev–Trinajstić information content (AvgIpc) is 2.77. The molecule has 1 aliphatic carbocycles. The third-order valence-electron chi connectivity index (χ3n) is 5.59. The van der Waals surface area contributed by atoms with Gasteiger partial charge in [-0.25, -0.2) is 9.59 Å². The van der Waals surface area contributed by atoms with E-state index in [-0.39, 0.29) is 18.7 Å². The van der Waals surface area contributed by atoms with Crippen LogP contribution in [0.15, 0.2) is 36.4 Å². The fourth-order valence-corrected chi connectivity index (χ4v) is 3.77. The number of ether oxygens (including phenoxy) is 2. The van der Waals surface area contributed by atoms with Gasteiger partial charge in [0.05, 0.1) is 11.0 Å². The van der Waals surface area contributed by atoms with E-state index in [2.05, 4.69) is 4.90 Å². The Morgan fingerprint density at radius 1 is 1.00 bits per heavy atom. The second-order valence-corrected chi connectivity index (χ2v) is 10.0. The van der Waals surface area contributed by atoms with E-state index >= 15 is 0 Å². The zero-order valence-corrected chi connectivity index (χ0v) is 21.3. The van der Waals surface area contributed by atoms with Crippen LogP contribution in [0.1, 0.15) is 64.4 Å². The summed E-state index contributed by atoms with van der Waals surface area (Å²) in [7, 11) is 4.08. The van der Waals surface area contributed by atoms with Crippen molar-refractivity contribution in [2.45, 2.75) is 64.4 Å². The number of carboxylic acids is 2. The first kappa shape index (κ1) is 30.1. The Morgan fingerprint density at radius 3 is 1.94 bits per heavy atom. The minimum absolute atomic E-state index is 0.0700. The molecule has 0 radical (unpaired) electrons. The van der Waals surface area contributed by atoms with Gasteiger partial charge in [0, 0.05) is 24.6 Å². The second kappa shape index (κ2) is 13.8. The first-order valence-electron chi connectivity index (χ1n) is 11.7. The van der Waals surface area contributed by atoms with E-state index in [1.165, 1.54) is 6.42 Å². The molecule has 1 fully saturated rings. The van der Waals surface area contributed by atoms with Crippen LogP contribution in [0.2, 0.25) is 0 Å². The van der Waals surface area contributed by atoms with Crippen LogP contribution in [-0.4, -0.2) is 71.2 Å². The van der Waals surface area contributed by atoms with Crippen LogP contribution in [0, 0.1) is 5.41 Å². The first-order valence-corrected chi connectivity index (χ1v) is 11.7. The van der Waals surface area contributed by atoms with E-state index in [1.54, 1.807) is 0 Å². The number of carbonyl (C=O) groups excluding carboxylic acids is 1. The Hall–Kier alpha value is -2.91. The van der Waals surface area contributed by atoms with Crippen LogP contribution in [0.25, 0.3) is 0 Å². The Labute approximate surface area is 207 Å². The number of nitrogens with zero attached hydrogens (tertiary/aromatic N) is 1. The molecule has 35 heavy (non-hydrogen) atoms. The molecule has 9 heteroatoms. The van der Waals surface area contributed by atoms with Crippen LogP contribution in [0.3, 0.4) is 0 Å². The molecule has 1 atom stereocenters. The summed E-state index contributed by atoms with van der Waals surface area (Å²) < 4.78 is 10.7.